The highest BCUT2D eigenvalue weighted by Gasteiger charge is 2.23. The molecule has 2 atom stereocenters. The summed E-state index contributed by atoms with van der Waals surface area (Å²) in [6.07, 6.45) is 9.71. The summed E-state index contributed by atoms with van der Waals surface area (Å²) in [7, 11) is 0. The van der Waals surface area contributed by atoms with Crippen LogP contribution >= 0.6 is 0 Å². The molecule has 0 aromatic heterocycles. The van der Waals surface area contributed by atoms with Crippen LogP contribution in [0.25, 0.3) is 0 Å². The minimum Gasteiger partial charge on any atom is -0.512 e. The van der Waals surface area contributed by atoms with Crippen molar-refractivity contribution in [3.63, 3.8) is 0 Å². The van der Waals surface area contributed by atoms with E-state index < -0.39 is 0 Å². The van der Waals surface area contributed by atoms with Gasteiger partial charge >= 0.3 is 0 Å². The smallest absolute Gasteiger partial charge is 0.193 e. The minimum atomic E-state index is -0.285. The average molecular weight is 595 g/mol. The number of fused-ring (bicyclic) bond motifs is 1. The first kappa shape index (κ1) is 41.4. The molecule has 2 aromatic carbocycles. The summed E-state index contributed by atoms with van der Waals surface area (Å²) in [5.41, 5.74) is 14.3. The fourth-order valence-electron chi connectivity index (χ4n) is 3.77. The number of Topliss-reactive ketones (excluding diaryl/α,β-unsaturated/α-hetero) is 1. The summed E-state index contributed by atoms with van der Waals surface area (Å²) < 4.78 is 5.72. The standard InChI is InChI=1S/C14H16O2.C7H8.C6H9NO2.C6H12.C2H7N.C2H6/c1-3-14(10(2)15)16-13-8-11-6-4-5-7-12(11)9-13;1-7-5-3-2-4-6-7;1-2-5(7)3-6(9)4-8;1-5-3-4-6(5)2;1-2-3;1-2/h3-7,13H,8-9H2,1-2H3;2-6H,1H3;2-4,8-9H,1,7H2;5-6H,3-4H2,1-2H3;2-3H2,1H3;1-2H3/b14-3+;;5-3+,6-4+;;;. The second-order valence-corrected chi connectivity index (χ2v) is 10.1. The molecule has 0 radical (unpaired) electrons. The molecule has 0 saturated heterocycles. The second kappa shape index (κ2) is 25.9. The number of benzene rings is 2. The number of aliphatic hydroxyl groups is 2. The van der Waals surface area contributed by atoms with Crippen molar-refractivity contribution in [2.24, 2.45) is 23.3 Å². The van der Waals surface area contributed by atoms with Gasteiger partial charge in [-0.25, -0.2) is 0 Å². The lowest BCUT2D eigenvalue weighted by atomic mass is 9.77. The van der Waals surface area contributed by atoms with Crippen molar-refractivity contribution in [2.45, 2.75) is 87.2 Å². The fraction of sp³-hybridized carbons (Fsp3) is 0.432. The van der Waals surface area contributed by atoms with Crippen LogP contribution in [-0.2, 0) is 22.4 Å². The van der Waals surface area contributed by atoms with Gasteiger partial charge in [0.1, 0.15) is 12.4 Å². The molecular formula is C37H58N2O4. The van der Waals surface area contributed by atoms with E-state index in [1.165, 1.54) is 48.6 Å². The Morgan fingerprint density at radius 2 is 1.44 bits per heavy atom. The van der Waals surface area contributed by atoms with E-state index in [9.17, 15) is 4.79 Å². The Morgan fingerprint density at radius 3 is 1.72 bits per heavy atom. The van der Waals surface area contributed by atoms with Gasteiger partial charge in [0.2, 0.25) is 0 Å². The van der Waals surface area contributed by atoms with Gasteiger partial charge in [-0.05, 0) is 55.5 Å². The number of rotatable bonds is 5. The third-order valence-electron chi connectivity index (χ3n) is 6.59. The number of nitrogens with two attached hydrogens (primary N) is 2. The van der Waals surface area contributed by atoms with Gasteiger partial charge in [0.05, 0.1) is 0 Å². The van der Waals surface area contributed by atoms with E-state index in [4.69, 9.17) is 26.4 Å². The van der Waals surface area contributed by atoms with E-state index in [0.29, 0.717) is 17.7 Å². The van der Waals surface area contributed by atoms with E-state index >= 15 is 0 Å². The first-order valence-corrected chi connectivity index (χ1v) is 15.3. The van der Waals surface area contributed by atoms with Gasteiger partial charge in [-0.15, -0.1) is 0 Å². The number of ether oxygens (including phenoxy) is 1. The SMILES string of the molecule is C/C=C(/OC1Cc2ccccc2C1)C(C)=O.C=C/C(N)=C\C(O)=C/O.CC.CC1CCC1C.CCN.Cc1ccccc1. The first-order valence-electron chi connectivity index (χ1n) is 15.3. The van der Waals surface area contributed by atoms with Gasteiger partial charge in [-0.1, -0.05) is 114 Å². The maximum absolute atomic E-state index is 11.2. The zero-order valence-corrected chi connectivity index (χ0v) is 27.8. The van der Waals surface area contributed by atoms with Crippen molar-refractivity contribution < 1.29 is 19.7 Å². The number of carbonyl (C=O) groups is 1. The first-order chi connectivity index (χ1) is 20.5. The predicted molar refractivity (Wildman–Crippen MR) is 184 cm³/mol. The number of hydrogen-bond acceptors (Lipinski definition) is 6. The fourth-order valence-corrected chi connectivity index (χ4v) is 3.77. The van der Waals surface area contributed by atoms with E-state index in [0.717, 1.165) is 31.2 Å². The highest BCUT2D eigenvalue weighted by Crippen LogP contribution is 2.32. The molecule has 0 bridgehead atoms. The molecule has 240 valence electrons. The summed E-state index contributed by atoms with van der Waals surface area (Å²) in [6, 6.07) is 18.6. The maximum atomic E-state index is 11.2. The highest BCUT2D eigenvalue weighted by molar-refractivity contribution is 5.91. The molecule has 1 saturated carbocycles. The van der Waals surface area contributed by atoms with Crippen molar-refractivity contribution in [3.8, 4) is 0 Å². The Morgan fingerprint density at radius 1 is 1.00 bits per heavy atom. The van der Waals surface area contributed by atoms with Gasteiger partial charge in [-0.3, -0.25) is 4.79 Å². The molecule has 0 heterocycles. The highest BCUT2D eigenvalue weighted by atomic mass is 16.5. The molecule has 2 unspecified atom stereocenters. The van der Waals surface area contributed by atoms with Crippen LogP contribution in [0.4, 0.5) is 0 Å². The number of hydrogen-bond donors (Lipinski definition) is 4. The van der Waals surface area contributed by atoms with Crippen LogP contribution in [-0.4, -0.2) is 28.6 Å². The monoisotopic (exact) mass is 594 g/mol. The normalized spacial score (nSPS) is 17.0. The number of carbonyl (C=O) groups excluding carboxylic acids is 1. The Balaban J connectivity index is 0. The molecule has 0 aliphatic heterocycles. The van der Waals surface area contributed by atoms with Crippen LogP contribution in [0, 0.1) is 18.8 Å². The molecule has 6 nitrogen and oxygen atoms in total. The Hall–Kier alpha value is -3.77. The van der Waals surface area contributed by atoms with Gasteiger partial charge in [0, 0.05) is 31.5 Å². The van der Waals surface area contributed by atoms with Crippen LogP contribution in [0.5, 0.6) is 0 Å². The van der Waals surface area contributed by atoms with E-state index in [1.54, 1.807) is 6.08 Å². The van der Waals surface area contributed by atoms with Gasteiger partial charge in [0.15, 0.2) is 17.3 Å². The summed E-state index contributed by atoms with van der Waals surface area (Å²) >= 11 is 0. The second-order valence-electron chi connectivity index (χ2n) is 10.1. The number of allylic oxidation sites excluding steroid dienone is 4. The van der Waals surface area contributed by atoms with E-state index in [1.807, 2.05) is 58.0 Å². The lowest BCUT2D eigenvalue weighted by molar-refractivity contribution is -0.117. The Labute approximate surface area is 261 Å². The van der Waals surface area contributed by atoms with Crippen molar-refractivity contribution in [1.82, 2.24) is 0 Å². The molecule has 2 aromatic rings. The summed E-state index contributed by atoms with van der Waals surface area (Å²) in [6.45, 7) is 20.1. The minimum absolute atomic E-state index is 0.00143. The van der Waals surface area contributed by atoms with Crippen molar-refractivity contribution in [2.75, 3.05) is 6.54 Å². The van der Waals surface area contributed by atoms with E-state index in [2.05, 4.69) is 51.6 Å². The molecule has 0 amide bonds. The molecule has 0 spiro atoms. The van der Waals surface area contributed by atoms with Gasteiger partial charge in [0.25, 0.3) is 0 Å². The number of aliphatic hydroxyl groups excluding tert-OH is 2. The average Bonchev–Trinajstić information content (AvgIpc) is 3.44. The zero-order valence-electron chi connectivity index (χ0n) is 27.8. The van der Waals surface area contributed by atoms with Crippen LogP contribution in [0.2, 0.25) is 0 Å². The molecule has 4 rings (SSSR count). The summed E-state index contributed by atoms with van der Waals surface area (Å²) in [4.78, 5) is 11.2. The van der Waals surface area contributed by atoms with Crippen LogP contribution in [0.3, 0.4) is 0 Å². The summed E-state index contributed by atoms with van der Waals surface area (Å²) in [5, 5.41) is 16.7. The van der Waals surface area contributed by atoms with Crippen molar-refractivity contribution in [1.29, 1.82) is 0 Å². The maximum Gasteiger partial charge on any atom is 0.193 e. The molecule has 2 aliphatic rings. The number of aryl methyl sites for hydroxylation is 1. The summed E-state index contributed by atoms with van der Waals surface area (Å²) in [5.74, 6) is 2.26. The molecular weight excluding hydrogens is 536 g/mol. The molecule has 1 fully saturated rings. The van der Waals surface area contributed by atoms with E-state index in [-0.39, 0.29) is 17.6 Å². The van der Waals surface area contributed by atoms with Crippen LogP contribution in [0.1, 0.15) is 78.0 Å². The lowest BCUT2D eigenvalue weighted by Crippen LogP contribution is -2.18. The number of ketones is 1. The quantitative estimate of drug-likeness (QED) is 0.156. The van der Waals surface area contributed by atoms with Crippen molar-refractivity contribution in [3.05, 3.63) is 120 Å². The van der Waals surface area contributed by atoms with Crippen LogP contribution in [0.15, 0.2) is 103 Å². The lowest BCUT2D eigenvalue weighted by Gasteiger charge is -2.29. The van der Waals surface area contributed by atoms with Crippen LogP contribution < -0.4 is 11.5 Å². The largest absolute Gasteiger partial charge is 0.512 e. The predicted octanol–water partition coefficient (Wildman–Crippen LogP) is 8.67. The van der Waals surface area contributed by atoms with Gasteiger partial charge < -0.3 is 26.4 Å². The molecule has 6 heteroatoms. The van der Waals surface area contributed by atoms with Gasteiger partial charge in [-0.2, -0.15) is 0 Å². The topological polar surface area (TPSA) is 119 Å². The Kier molecular flexibility index (Phi) is 24.9. The third kappa shape index (κ3) is 19.9. The molecule has 43 heavy (non-hydrogen) atoms. The zero-order chi connectivity index (χ0) is 33.2. The Bertz CT molecular complexity index is 1070. The molecule has 6 N–H and O–H groups in total. The molecule has 2 aliphatic carbocycles. The third-order valence-corrected chi connectivity index (χ3v) is 6.59. The van der Waals surface area contributed by atoms with Crippen molar-refractivity contribution >= 4 is 5.78 Å².